The number of hydrogen-bond donors (Lipinski definition) is 1. The molecule has 0 saturated carbocycles. The van der Waals surface area contributed by atoms with Gasteiger partial charge in [-0.1, -0.05) is 57.3 Å². The lowest BCUT2D eigenvalue weighted by molar-refractivity contribution is -0.115. The molecule has 3 aromatic rings. The zero-order valence-corrected chi connectivity index (χ0v) is 21.5. The van der Waals surface area contributed by atoms with E-state index >= 15 is 0 Å². The van der Waals surface area contributed by atoms with Crippen molar-refractivity contribution in [3.8, 4) is 11.5 Å². The van der Waals surface area contributed by atoms with E-state index < -0.39 is 0 Å². The molecule has 34 heavy (non-hydrogen) atoms. The minimum Gasteiger partial charge on any atom is -0.493 e. The maximum atomic E-state index is 13.4. The first kappa shape index (κ1) is 24.6. The van der Waals surface area contributed by atoms with Gasteiger partial charge in [-0.25, -0.2) is 9.38 Å². The lowest BCUT2D eigenvalue weighted by Gasteiger charge is -2.13. The number of carbonyl (C=O) groups is 1. The summed E-state index contributed by atoms with van der Waals surface area (Å²) in [6.45, 7) is 0.172. The normalized spacial score (nSPS) is 15.6. The van der Waals surface area contributed by atoms with Crippen molar-refractivity contribution >= 4 is 73.7 Å². The van der Waals surface area contributed by atoms with Crippen LogP contribution in [0.15, 0.2) is 69.0 Å². The van der Waals surface area contributed by atoms with Crippen molar-refractivity contribution in [2.75, 3.05) is 7.11 Å². The molecule has 0 bridgehead atoms. The summed E-state index contributed by atoms with van der Waals surface area (Å²) in [6, 6.07) is 14.8. The molecule has 1 aliphatic rings. The summed E-state index contributed by atoms with van der Waals surface area (Å²) in [4.78, 5) is 17.3. The minimum absolute atomic E-state index is 0.172. The fraction of sp³-hybridized carbons (Fsp3) is 0.0833. The third-order valence-electron chi connectivity index (χ3n) is 4.66. The van der Waals surface area contributed by atoms with Crippen LogP contribution in [0.5, 0.6) is 11.5 Å². The number of carbonyl (C=O) groups excluding carboxylic acids is 1. The molecule has 0 aromatic heterocycles. The van der Waals surface area contributed by atoms with Gasteiger partial charge in [0.2, 0.25) is 0 Å². The Balaban J connectivity index is 1.55. The molecule has 0 aliphatic carbocycles. The standard InChI is InChI=1S/C24H16BrCl2FN2O3S/c1-32-19-9-14(16(25)11-20(19)33-12-13-4-2-5-15(28)8-13)10-21-23(31)30-24(34-21)29-18-7-3-6-17(26)22(18)27/h2-11H,12H2,1H3,(H,29,30,31)/b21-10+. The van der Waals surface area contributed by atoms with Crippen molar-refractivity contribution in [2.45, 2.75) is 6.61 Å². The Bertz CT molecular complexity index is 1330. The van der Waals surface area contributed by atoms with Gasteiger partial charge in [0.1, 0.15) is 12.4 Å². The van der Waals surface area contributed by atoms with Crippen LogP contribution in [0, 0.1) is 5.82 Å². The van der Waals surface area contributed by atoms with Crippen molar-refractivity contribution in [3.63, 3.8) is 0 Å². The maximum Gasteiger partial charge on any atom is 0.264 e. The Kier molecular flexibility index (Phi) is 7.83. The van der Waals surface area contributed by atoms with Crippen LogP contribution in [-0.4, -0.2) is 18.2 Å². The highest BCUT2D eigenvalue weighted by Crippen LogP contribution is 2.38. The number of aliphatic imine (C=N–C) groups is 1. The molecule has 0 atom stereocenters. The number of amides is 1. The maximum absolute atomic E-state index is 13.4. The summed E-state index contributed by atoms with van der Waals surface area (Å²) in [5.74, 6) is 0.319. The number of benzene rings is 3. The zero-order valence-electron chi connectivity index (χ0n) is 17.6. The molecule has 1 aliphatic heterocycles. The summed E-state index contributed by atoms with van der Waals surface area (Å²) < 4.78 is 25.4. The molecule has 174 valence electrons. The van der Waals surface area contributed by atoms with Crippen molar-refractivity contribution in [2.24, 2.45) is 4.99 Å². The van der Waals surface area contributed by atoms with Crippen molar-refractivity contribution in [1.29, 1.82) is 0 Å². The van der Waals surface area contributed by atoms with Gasteiger partial charge in [0.25, 0.3) is 5.91 Å². The number of methoxy groups -OCH3 is 1. The van der Waals surface area contributed by atoms with Gasteiger partial charge in [-0.3, -0.25) is 4.79 Å². The molecule has 1 N–H and O–H groups in total. The highest BCUT2D eigenvalue weighted by atomic mass is 79.9. The van der Waals surface area contributed by atoms with E-state index in [9.17, 15) is 9.18 Å². The fourth-order valence-corrected chi connectivity index (χ4v) is 4.63. The summed E-state index contributed by atoms with van der Waals surface area (Å²) in [5.41, 5.74) is 1.85. The van der Waals surface area contributed by atoms with E-state index in [1.54, 1.807) is 48.5 Å². The second kappa shape index (κ2) is 10.8. The Hall–Kier alpha value is -2.52. The number of hydrogen-bond acceptors (Lipinski definition) is 5. The third kappa shape index (κ3) is 5.75. The largest absolute Gasteiger partial charge is 0.493 e. The SMILES string of the molecule is COc1cc(/C=C2/SC(=Nc3cccc(Cl)c3Cl)NC2=O)c(Br)cc1OCc1cccc(F)c1. The van der Waals surface area contributed by atoms with Gasteiger partial charge in [0.15, 0.2) is 16.7 Å². The minimum atomic E-state index is -0.330. The van der Waals surface area contributed by atoms with Crippen LogP contribution >= 0.6 is 50.9 Å². The number of nitrogens with zero attached hydrogens (tertiary/aromatic N) is 1. The van der Waals surface area contributed by atoms with Gasteiger partial charge in [-0.2, -0.15) is 0 Å². The first-order valence-corrected chi connectivity index (χ1v) is 12.2. The van der Waals surface area contributed by atoms with Crippen LogP contribution in [0.1, 0.15) is 11.1 Å². The summed E-state index contributed by atoms with van der Waals surface area (Å²) in [6.07, 6.45) is 1.71. The highest BCUT2D eigenvalue weighted by Gasteiger charge is 2.25. The molecule has 0 radical (unpaired) electrons. The smallest absolute Gasteiger partial charge is 0.264 e. The first-order chi connectivity index (χ1) is 16.3. The molecular weight excluding hydrogens is 566 g/mol. The highest BCUT2D eigenvalue weighted by molar-refractivity contribution is 9.10. The van der Waals surface area contributed by atoms with E-state index in [0.29, 0.717) is 52.9 Å². The van der Waals surface area contributed by atoms with E-state index in [-0.39, 0.29) is 18.3 Å². The number of amidine groups is 1. The van der Waals surface area contributed by atoms with Crippen LogP contribution in [0.2, 0.25) is 10.0 Å². The van der Waals surface area contributed by atoms with E-state index in [2.05, 4.69) is 26.2 Å². The van der Waals surface area contributed by atoms with Gasteiger partial charge >= 0.3 is 0 Å². The van der Waals surface area contributed by atoms with Gasteiger partial charge in [-0.15, -0.1) is 0 Å². The lowest BCUT2D eigenvalue weighted by Crippen LogP contribution is -2.19. The van der Waals surface area contributed by atoms with Crippen LogP contribution in [0.25, 0.3) is 6.08 Å². The third-order valence-corrected chi connectivity index (χ3v) is 7.06. The number of nitrogens with one attached hydrogen (secondary N) is 1. The topological polar surface area (TPSA) is 59.9 Å². The average Bonchev–Trinajstić information content (AvgIpc) is 3.15. The molecule has 0 spiro atoms. The van der Waals surface area contributed by atoms with Crippen molar-refractivity contribution in [3.05, 3.63) is 91.0 Å². The summed E-state index contributed by atoms with van der Waals surface area (Å²) in [7, 11) is 1.52. The van der Waals surface area contributed by atoms with Crippen LogP contribution in [-0.2, 0) is 11.4 Å². The quantitative estimate of drug-likeness (QED) is 0.309. The van der Waals surface area contributed by atoms with E-state index in [4.69, 9.17) is 32.7 Å². The molecular formula is C24H16BrCl2FN2O3S. The Morgan fingerprint density at radius 2 is 1.94 bits per heavy atom. The lowest BCUT2D eigenvalue weighted by atomic mass is 10.1. The van der Waals surface area contributed by atoms with E-state index in [1.807, 2.05) is 0 Å². The molecule has 0 unspecified atom stereocenters. The molecule has 3 aromatic carbocycles. The summed E-state index contributed by atoms with van der Waals surface area (Å²) in [5, 5.41) is 3.80. The number of thioether (sulfide) groups is 1. The fourth-order valence-electron chi connectivity index (χ4n) is 3.03. The Labute approximate surface area is 218 Å². The van der Waals surface area contributed by atoms with Crippen molar-refractivity contribution in [1.82, 2.24) is 5.32 Å². The van der Waals surface area contributed by atoms with Gasteiger partial charge in [0.05, 0.1) is 27.7 Å². The Morgan fingerprint density at radius 3 is 2.71 bits per heavy atom. The molecule has 5 nitrogen and oxygen atoms in total. The first-order valence-electron chi connectivity index (χ1n) is 9.82. The van der Waals surface area contributed by atoms with E-state index in [0.717, 1.165) is 0 Å². The zero-order chi connectivity index (χ0) is 24.2. The van der Waals surface area contributed by atoms with Crippen LogP contribution in [0.4, 0.5) is 10.1 Å². The number of rotatable bonds is 6. The average molecular weight is 582 g/mol. The van der Waals surface area contributed by atoms with Crippen LogP contribution in [0.3, 0.4) is 0 Å². The van der Waals surface area contributed by atoms with Gasteiger partial charge < -0.3 is 14.8 Å². The number of ether oxygens (including phenoxy) is 2. The number of halogens is 4. The molecule has 1 saturated heterocycles. The summed E-state index contributed by atoms with van der Waals surface area (Å²) >= 11 is 16.9. The Morgan fingerprint density at radius 1 is 1.15 bits per heavy atom. The van der Waals surface area contributed by atoms with Crippen LogP contribution < -0.4 is 14.8 Å². The van der Waals surface area contributed by atoms with Gasteiger partial charge in [0, 0.05) is 4.47 Å². The van der Waals surface area contributed by atoms with Gasteiger partial charge in [-0.05, 0) is 65.4 Å². The predicted molar refractivity (Wildman–Crippen MR) is 139 cm³/mol. The molecule has 1 fully saturated rings. The molecule has 1 heterocycles. The monoisotopic (exact) mass is 580 g/mol. The molecule has 10 heteroatoms. The van der Waals surface area contributed by atoms with Crippen molar-refractivity contribution < 1.29 is 18.7 Å². The molecule has 4 rings (SSSR count). The van der Waals surface area contributed by atoms with E-state index in [1.165, 1.54) is 31.0 Å². The predicted octanol–water partition coefficient (Wildman–Crippen LogP) is 7.37. The second-order valence-electron chi connectivity index (χ2n) is 7.00. The second-order valence-corrected chi connectivity index (χ2v) is 9.67. The molecule has 1 amide bonds.